The Morgan fingerprint density at radius 1 is 1.31 bits per heavy atom. The van der Waals surface area contributed by atoms with Crippen molar-refractivity contribution < 1.29 is 4.39 Å². The van der Waals surface area contributed by atoms with Crippen molar-refractivity contribution in [2.24, 2.45) is 0 Å². The molecule has 0 spiro atoms. The van der Waals surface area contributed by atoms with Crippen molar-refractivity contribution in [1.29, 1.82) is 0 Å². The third-order valence-electron chi connectivity index (χ3n) is 1.75. The molecule has 0 saturated heterocycles. The smallest absolute Gasteiger partial charge is 0.124 e. The molecule has 0 radical (unpaired) electrons. The van der Waals surface area contributed by atoms with E-state index in [9.17, 15) is 4.39 Å². The van der Waals surface area contributed by atoms with Gasteiger partial charge in [-0.25, -0.2) is 14.4 Å². The molecule has 2 nitrogen and oxygen atoms in total. The van der Waals surface area contributed by atoms with Crippen LogP contribution in [-0.4, -0.2) is 16.2 Å². The molecule has 1 aromatic heterocycles. The average molecular weight is 194 g/mol. The fourth-order valence-electron chi connectivity index (χ4n) is 1.17. The van der Waals surface area contributed by atoms with E-state index in [1.54, 1.807) is 6.07 Å². The summed E-state index contributed by atoms with van der Waals surface area (Å²) in [7, 11) is 0. The molecule has 1 heterocycles. The molecule has 0 bridgehead atoms. The summed E-state index contributed by atoms with van der Waals surface area (Å²) < 4.78 is 12.9. The van der Waals surface area contributed by atoms with Gasteiger partial charge in [0.25, 0.3) is 0 Å². The van der Waals surface area contributed by atoms with E-state index in [0.29, 0.717) is 0 Å². The molecule has 2 rings (SSSR count). The molecule has 0 aliphatic rings. The highest BCUT2D eigenvalue weighted by molar-refractivity contribution is 7.98. The Hall–Kier alpha value is -1.16. The minimum atomic E-state index is -0.252. The van der Waals surface area contributed by atoms with Crippen molar-refractivity contribution in [2.45, 2.75) is 5.03 Å². The highest BCUT2D eigenvalue weighted by Crippen LogP contribution is 2.22. The zero-order valence-electron chi connectivity index (χ0n) is 6.99. The van der Waals surface area contributed by atoms with Crippen LogP contribution in [0.25, 0.3) is 10.9 Å². The van der Waals surface area contributed by atoms with E-state index in [4.69, 9.17) is 0 Å². The largest absolute Gasteiger partial charge is 0.236 e. The standard InChI is InChI=1S/C9H7FN2S/c1-13-9-7-4-6(10)2-3-8(7)11-5-12-9/h2-5H,1H3. The maximum Gasteiger partial charge on any atom is 0.124 e. The monoisotopic (exact) mass is 194 g/mol. The average Bonchev–Trinajstić information content (AvgIpc) is 2.17. The van der Waals surface area contributed by atoms with Gasteiger partial charge in [-0.1, -0.05) is 0 Å². The molecule has 0 unspecified atom stereocenters. The van der Waals surface area contributed by atoms with Gasteiger partial charge in [0.15, 0.2) is 0 Å². The second kappa shape index (κ2) is 3.30. The fraction of sp³-hybridized carbons (Fsp3) is 0.111. The number of hydrogen-bond donors (Lipinski definition) is 0. The molecular weight excluding hydrogens is 187 g/mol. The van der Waals surface area contributed by atoms with E-state index in [-0.39, 0.29) is 5.82 Å². The Morgan fingerprint density at radius 3 is 2.92 bits per heavy atom. The van der Waals surface area contributed by atoms with Gasteiger partial charge in [0.2, 0.25) is 0 Å². The van der Waals surface area contributed by atoms with E-state index in [1.165, 1.54) is 30.2 Å². The molecule has 66 valence electrons. The Kier molecular flexibility index (Phi) is 2.14. The van der Waals surface area contributed by atoms with Gasteiger partial charge >= 0.3 is 0 Å². The SMILES string of the molecule is CSc1ncnc2ccc(F)cc12. The number of hydrogen-bond acceptors (Lipinski definition) is 3. The maximum atomic E-state index is 12.9. The van der Waals surface area contributed by atoms with Crippen LogP contribution in [0.1, 0.15) is 0 Å². The third kappa shape index (κ3) is 1.49. The lowest BCUT2D eigenvalue weighted by atomic mass is 10.2. The minimum absolute atomic E-state index is 0.252. The lowest BCUT2D eigenvalue weighted by molar-refractivity contribution is 0.629. The van der Waals surface area contributed by atoms with Gasteiger partial charge in [0, 0.05) is 5.39 Å². The molecule has 0 fully saturated rings. The van der Waals surface area contributed by atoms with E-state index in [1.807, 2.05) is 6.26 Å². The quantitative estimate of drug-likeness (QED) is 0.515. The second-order valence-electron chi connectivity index (χ2n) is 2.54. The summed E-state index contributed by atoms with van der Waals surface area (Å²) in [5.74, 6) is -0.252. The highest BCUT2D eigenvalue weighted by Gasteiger charge is 2.02. The molecule has 4 heteroatoms. The van der Waals surface area contributed by atoms with Crippen molar-refractivity contribution in [3.63, 3.8) is 0 Å². The van der Waals surface area contributed by atoms with E-state index in [2.05, 4.69) is 9.97 Å². The first-order chi connectivity index (χ1) is 6.31. The van der Waals surface area contributed by atoms with Crippen LogP contribution < -0.4 is 0 Å². The summed E-state index contributed by atoms with van der Waals surface area (Å²) in [5.41, 5.74) is 0.778. The maximum absolute atomic E-state index is 12.9. The lowest BCUT2D eigenvalue weighted by Crippen LogP contribution is -1.86. The van der Waals surface area contributed by atoms with Crippen molar-refractivity contribution in [2.75, 3.05) is 6.26 Å². The van der Waals surface area contributed by atoms with Crippen LogP contribution in [0.4, 0.5) is 4.39 Å². The van der Waals surface area contributed by atoms with E-state index in [0.717, 1.165) is 15.9 Å². The minimum Gasteiger partial charge on any atom is -0.236 e. The van der Waals surface area contributed by atoms with Gasteiger partial charge in [-0.15, -0.1) is 11.8 Å². The third-order valence-corrected chi connectivity index (χ3v) is 2.47. The molecule has 1 aromatic carbocycles. The number of halogens is 1. The van der Waals surface area contributed by atoms with Gasteiger partial charge in [-0.3, -0.25) is 0 Å². The summed E-state index contributed by atoms with van der Waals surface area (Å²) in [6, 6.07) is 4.52. The number of nitrogens with zero attached hydrogens (tertiary/aromatic N) is 2. The molecule has 0 aliphatic carbocycles. The molecule has 13 heavy (non-hydrogen) atoms. The molecule has 0 aliphatic heterocycles. The fourth-order valence-corrected chi connectivity index (χ4v) is 1.70. The lowest BCUT2D eigenvalue weighted by Gasteiger charge is -2.00. The van der Waals surface area contributed by atoms with Crippen molar-refractivity contribution in [3.05, 3.63) is 30.3 Å². The van der Waals surface area contributed by atoms with E-state index >= 15 is 0 Å². The summed E-state index contributed by atoms with van der Waals surface area (Å²) in [6.07, 6.45) is 3.40. The van der Waals surface area contributed by atoms with Gasteiger partial charge in [-0.2, -0.15) is 0 Å². The Bertz CT molecular complexity index is 445. The molecular formula is C9H7FN2S. The molecule has 0 amide bonds. The number of rotatable bonds is 1. The van der Waals surface area contributed by atoms with Crippen molar-refractivity contribution in [3.8, 4) is 0 Å². The van der Waals surface area contributed by atoms with Crippen molar-refractivity contribution >= 4 is 22.7 Å². The normalized spacial score (nSPS) is 10.6. The van der Waals surface area contributed by atoms with Crippen LogP contribution in [-0.2, 0) is 0 Å². The summed E-state index contributed by atoms with van der Waals surface area (Å²) >= 11 is 1.49. The van der Waals surface area contributed by atoms with Crippen LogP contribution in [0.5, 0.6) is 0 Å². The van der Waals surface area contributed by atoms with Gasteiger partial charge in [0.05, 0.1) is 5.52 Å². The van der Waals surface area contributed by atoms with Gasteiger partial charge in [0.1, 0.15) is 17.2 Å². The molecule has 2 aromatic rings. The zero-order chi connectivity index (χ0) is 9.26. The highest BCUT2D eigenvalue weighted by atomic mass is 32.2. The van der Waals surface area contributed by atoms with Crippen LogP contribution in [0.15, 0.2) is 29.6 Å². The van der Waals surface area contributed by atoms with Gasteiger partial charge in [-0.05, 0) is 24.5 Å². The number of benzene rings is 1. The number of thioether (sulfide) groups is 1. The first-order valence-electron chi connectivity index (χ1n) is 3.75. The van der Waals surface area contributed by atoms with Crippen LogP contribution in [0, 0.1) is 5.82 Å². The molecule has 0 N–H and O–H groups in total. The summed E-state index contributed by atoms with van der Waals surface area (Å²) in [5, 5.41) is 1.58. The van der Waals surface area contributed by atoms with Crippen LogP contribution in [0.3, 0.4) is 0 Å². The first-order valence-corrected chi connectivity index (χ1v) is 4.98. The predicted molar refractivity (Wildman–Crippen MR) is 51.3 cm³/mol. The van der Waals surface area contributed by atoms with Crippen LogP contribution in [0.2, 0.25) is 0 Å². The zero-order valence-corrected chi connectivity index (χ0v) is 7.81. The Morgan fingerprint density at radius 2 is 2.15 bits per heavy atom. The van der Waals surface area contributed by atoms with Crippen molar-refractivity contribution in [1.82, 2.24) is 9.97 Å². The molecule has 0 saturated carbocycles. The number of fused-ring (bicyclic) bond motifs is 1. The summed E-state index contributed by atoms with van der Waals surface area (Å²) in [4.78, 5) is 8.09. The number of aromatic nitrogens is 2. The van der Waals surface area contributed by atoms with E-state index < -0.39 is 0 Å². The predicted octanol–water partition coefficient (Wildman–Crippen LogP) is 2.49. The summed E-state index contributed by atoms with van der Waals surface area (Å²) in [6.45, 7) is 0. The first kappa shape index (κ1) is 8.44. The topological polar surface area (TPSA) is 25.8 Å². The van der Waals surface area contributed by atoms with Gasteiger partial charge < -0.3 is 0 Å². The van der Waals surface area contributed by atoms with Crippen LogP contribution >= 0.6 is 11.8 Å². The molecule has 0 atom stereocenters. The Labute approximate surface area is 79.2 Å². The Balaban J connectivity index is 2.79. The second-order valence-corrected chi connectivity index (χ2v) is 3.34.